The van der Waals surface area contributed by atoms with Crippen LogP contribution in [0.3, 0.4) is 0 Å². The molecule has 0 aliphatic carbocycles. The molecule has 0 saturated carbocycles. The highest BCUT2D eigenvalue weighted by molar-refractivity contribution is 6.06. The molecule has 0 aliphatic heterocycles. The van der Waals surface area contributed by atoms with Crippen molar-refractivity contribution in [3.05, 3.63) is 41.6 Å². The summed E-state index contributed by atoms with van der Waals surface area (Å²) in [5.74, 6) is 0.0458. The van der Waals surface area contributed by atoms with Crippen molar-refractivity contribution < 1.29 is 4.79 Å². The number of rotatable bonds is 9. The van der Waals surface area contributed by atoms with Crippen molar-refractivity contribution in [3.8, 4) is 6.07 Å². The molecular weight excluding hydrogens is 300 g/mol. The molecule has 1 amide bonds. The third kappa shape index (κ3) is 6.43. The van der Waals surface area contributed by atoms with Crippen LogP contribution in [0, 0.1) is 11.3 Å². The van der Waals surface area contributed by atoms with Crippen LogP contribution in [-0.2, 0) is 4.79 Å². The summed E-state index contributed by atoms with van der Waals surface area (Å²) in [4.78, 5) is 14.4. The zero-order valence-corrected chi connectivity index (χ0v) is 15.1. The van der Waals surface area contributed by atoms with E-state index in [2.05, 4.69) is 43.2 Å². The average Bonchev–Trinajstić information content (AvgIpc) is 2.58. The van der Waals surface area contributed by atoms with E-state index in [1.807, 2.05) is 30.3 Å². The van der Waals surface area contributed by atoms with Gasteiger partial charge in [0.15, 0.2) is 0 Å². The van der Waals surface area contributed by atoms with Crippen LogP contribution in [0.2, 0.25) is 0 Å². The minimum Gasteiger partial charge on any atom is -0.388 e. The van der Waals surface area contributed by atoms with Gasteiger partial charge in [0.2, 0.25) is 0 Å². The molecule has 1 rings (SSSR count). The van der Waals surface area contributed by atoms with Gasteiger partial charge in [-0.15, -0.1) is 0 Å². The Morgan fingerprint density at radius 2 is 1.88 bits per heavy atom. The number of nitriles is 1. The number of anilines is 1. The van der Waals surface area contributed by atoms with Crippen molar-refractivity contribution in [1.82, 2.24) is 10.2 Å². The van der Waals surface area contributed by atoms with E-state index in [0.29, 0.717) is 18.2 Å². The molecule has 0 saturated heterocycles. The molecule has 0 heterocycles. The minimum absolute atomic E-state index is 0.0717. The van der Waals surface area contributed by atoms with E-state index in [9.17, 15) is 4.79 Å². The lowest BCUT2D eigenvalue weighted by Gasteiger charge is -2.17. The number of nitrogens with one attached hydrogen (secondary N) is 2. The normalized spacial score (nSPS) is 11.5. The molecule has 0 radical (unpaired) electrons. The highest BCUT2D eigenvalue weighted by Crippen LogP contribution is 2.17. The van der Waals surface area contributed by atoms with Crippen LogP contribution in [0.15, 0.2) is 36.0 Å². The van der Waals surface area contributed by atoms with Gasteiger partial charge in [0.1, 0.15) is 11.6 Å². The Morgan fingerprint density at radius 3 is 2.38 bits per heavy atom. The fraction of sp³-hybridized carbons (Fsp3) is 0.474. The second-order valence-electron chi connectivity index (χ2n) is 5.88. The van der Waals surface area contributed by atoms with Crippen molar-refractivity contribution in [3.63, 3.8) is 0 Å². The predicted molar refractivity (Wildman–Crippen MR) is 98.6 cm³/mol. The topological polar surface area (TPSA) is 68.2 Å². The highest BCUT2D eigenvalue weighted by Gasteiger charge is 2.09. The van der Waals surface area contributed by atoms with Crippen molar-refractivity contribution in [2.45, 2.75) is 33.6 Å². The van der Waals surface area contributed by atoms with E-state index in [-0.39, 0.29) is 5.57 Å². The number of benzene rings is 1. The maximum absolute atomic E-state index is 12.2. The molecule has 0 aromatic heterocycles. The third-order valence-electron chi connectivity index (χ3n) is 3.91. The number of amides is 1. The summed E-state index contributed by atoms with van der Waals surface area (Å²) in [5, 5.41) is 15.0. The molecule has 0 bridgehead atoms. The van der Waals surface area contributed by atoms with Gasteiger partial charge in [-0.05, 0) is 36.7 Å². The molecule has 1 aromatic carbocycles. The Hall–Kier alpha value is -2.32. The summed E-state index contributed by atoms with van der Waals surface area (Å²) in [6.45, 7) is 12.0. The second kappa shape index (κ2) is 10.5. The Morgan fingerprint density at radius 1 is 1.25 bits per heavy atom. The summed E-state index contributed by atoms with van der Waals surface area (Å²) in [6.07, 6.45) is 1.49. The first kappa shape index (κ1) is 19.7. The predicted octanol–water partition coefficient (Wildman–Crippen LogP) is 3.09. The van der Waals surface area contributed by atoms with Gasteiger partial charge >= 0.3 is 0 Å². The van der Waals surface area contributed by atoms with E-state index >= 15 is 0 Å². The molecule has 0 fully saturated rings. The van der Waals surface area contributed by atoms with Gasteiger partial charge in [-0.2, -0.15) is 5.26 Å². The Labute approximate surface area is 145 Å². The Kier molecular flexibility index (Phi) is 8.59. The van der Waals surface area contributed by atoms with Gasteiger partial charge in [-0.3, -0.25) is 4.79 Å². The fourth-order valence-electron chi connectivity index (χ4n) is 2.24. The number of carbonyl (C=O) groups excluding carboxylic acids is 1. The molecule has 130 valence electrons. The van der Waals surface area contributed by atoms with E-state index in [1.165, 1.54) is 11.8 Å². The zero-order chi connectivity index (χ0) is 17.9. The average molecular weight is 328 g/mol. The van der Waals surface area contributed by atoms with Crippen LogP contribution >= 0.6 is 0 Å². The van der Waals surface area contributed by atoms with Crippen molar-refractivity contribution in [2.24, 2.45) is 0 Å². The third-order valence-corrected chi connectivity index (χ3v) is 3.91. The maximum atomic E-state index is 12.2. The number of nitrogens with zero attached hydrogens (tertiary/aromatic N) is 2. The van der Waals surface area contributed by atoms with Gasteiger partial charge in [-0.1, -0.05) is 39.8 Å². The SMILES string of the molecule is CCN(CC)CCN/C=C(/C#N)C(=O)Nc1ccc(C(C)C)cc1. The van der Waals surface area contributed by atoms with Crippen LogP contribution in [0.4, 0.5) is 5.69 Å². The lowest BCUT2D eigenvalue weighted by Crippen LogP contribution is -2.30. The van der Waals surface area contributed by atoms with Crippen molar-refractivity contribution in [1.29, 1.82) is 5.26 Å². The lowest BCUT2D eigenvalue weighted by atomic mass is 10.0. The first-order valence-corrected chi connectivity index (χ1v) is 8.49. The van der Waals surface area contributed by atoms with Gasteiger partial charge in [0.05, 0.1) is 0 Å². The molecule has 0 atom stereocenters. The molecule has 0 aliphatic rings. The Balaban J connectivity index is 2.56. The number of hydrogen-bond acceptors (Lipinski definition) is 4. The van der Waals surface area contributed by atoms with E-state index < -0.39 is 5.91 Å². The molecule has 1 aromatic rings. The van der Waals surface area contributed by atoms with E-state index in [1.54, 1.807) is 0 Å². The molecule has 0 spiro atoms. The highest BCUT2D eigenvalue weighted by atomic mass is 16.1. The molecule has 5 nitrogen and oxygen atoms in total. The smallest absolute Gasteiger partial charge is 0.267 e. The standard InChI is InChI=1S/C19H28N4O/c1-5-23(6-2)12-11-21-14-17(13-20)19(24)22-18-9-7-16(8-10-18)15(3)4/h7-10,14-15,21H,5-6,11-12H2,1-4H3,(H,22,24)/b17-14-. The van der Waals surface area contributed by atoms with Gasteiger partial charge in [0, 0.05) is 25.0 Å². The van der Waals surface area contributed by atoms with Crippen molar-refractivity contribution in [2.75, 3.05) is 31.5 Å². The first-order chi connectivity index (χ1) is 11.5. The van der Waals surface area contributed by atoms with E-state index in [4.69, 9.17) is 5.26 Å². The zero-order valence-electron chi connectivity index (χ0n) is 15.1. The van der Waals surface area contributed by atoms with Gasteiger partial charge in [-0.25, -0.2) is 0 Å². The minimum atomic E-state index is -0.398. The van der Waals surface area contributed by atoms with Crippen LogP contribution in [0.5, 0.6) is 0 Å². The number of carbonyl (C=O) groups is 1. The summed E-state index contributed by atoms with van der Waals surface area (Å²) in [7, 11) is 0. The lowest BCUT2D eigenvalue weighted by molar-refractivity contribution is -0.112. The quantitative estimate of drug-likeness (QED) is 0.415. The molecule has 0 unspecified atom stereocenters. The first-order valence-electron chi connectivity index (χ1n) is 8.49. The van der Waals surface area contributed by atoms with Crippen LogP contribution < -0.4 is 10.6 Å². The molecule has 24 heavy (non-hydrogen) atoms. The number of hydrogen-bond donors (Lipinski definition) is 2. The summed E-state index contributed by atoms with van der Waals surface area (Å²) in [5.41, 5.74) is 1.97. The molecular formula is C19H28N4O. The van der Waals surface area contributed by atoms with Crippen LogP contribution in [0.1, 0.15) is 39.2 Å². The molecule has 5 heteroatoms. The van der Waals surface area contributed by atoms with Gasteiger partial charge in [0.25, 0.3) is 5.91 Å². The van der Waals surface area contributed by atoms with E-state index in [0.717, 1.165) is 19.6 Å². The number of likely N-dealkylation sites (N-methyl/N-ethyl adjacent to an activating group) is 1. The van der Waals surface area contributed by atoms with Crippen LogP contribution in [0.25, 0.3) is 0 Å². The van der Waals surface area contributed by atoms with Gasteiger partial charge < -0.3 is 15.5 Å². The van der Waals surface area contributed by atoms with Crippen molar-refractivity contribution >= 4 is 11.6 Å². The summed E-state index contributed by atoms with van der Waals surface area (Å²) in [6, 6.07) is 9.62. The molecule has 2 N–H and O–H groups in total. The largest absolute Gasteiger partial charge is 0.388 e. The van der Waals surface area contributed by atoms with Crippen LogP contribution in [-0.4, -0.2) is 37.0 Å². The monoisotopic (exact) mass is 328 g/mol. The fourth-order valence-corrected chi connectivity index (χ4v) is 2.24. The second-order valence-corrected chi connectivity index (χ2v) is 5.88. The Bertz CT molecular complexity index is 580. The summed E-state index contributed by atoms with van der Waals surface area (Å²) < 4.78 is 0. The summed E-state index contributed by atoms with van der Waals surface area (Å²) >= 11 is 0. The maximum Gasteiger partial charge on any atom is 0.267 e.